The van der Waals surface area contributed by atoms with Crippen LogP contribution >= 0.6 is 0 Å². The lowest BCUT2D eigenvalue weighted by Gasteiger charge is -2.14. The van der Waals surface area contributed by atoms with Gasteiger partial charge in [0, 0.05) is 29.0 Å². The minimum absolute atomic E-state index is 0.200. The van der Waals surface area contributed by atoms with Crippen molar-refractivity contribution in [2.75, 3.05) is 24.9 Å². The SMILES string of the molecule is COc1cc(OC)cc(C(=O)Nc2ccc(NC3CCCC3)cc2)c1. The van der Waals surface area contributed by atoms with Gasteiger partial charge in [0.15, 0.2) is 0 Å². The molecule has 1 aliphatic rings. The number of nitrogens with one attached hydrogen (secondary N) is 2. The summed E-state index contributed by atoms with van der Waals surface area (Å²) in [7, 11) is 3.12. The minimum atomic E-state index is -0.200. The Bertz CT molecular complexity index is 700. The van der Waals surface area contributed by atoms with Crippen LogP contribution in [0.3, 0.4) is 0 Å². The van der Waals surface area contributed by atoms with E-state index in [0.717, 1.165) is 11.4 Å². The number of carbonyl (C=O) groups is 1. The molecule has 0 spiro atoms. The summed E-state index contributed by atoms with van der Waals surface area (Å²) in [5.41, 5.74) is 2.33. The minimum Gasteiger partial charge on any atom is -0.497 e. The Labute approximate surface area is 148 Å². The number of hydrogen-bond donors (Lipinski definition) is 2. The molecule has 0 radical (unpaired) electrons. The number of benzene rings is 2. The van der Waals surface area contributed by atoms with Gasteiger partial charge in [-0.25, -0.2) is 0 Å². The van der Waals surface area contributed by atoms with E-state index in [-0.39, 0.29) is 5.91 Å². The van der Waals surface area contributed by atoms with Crippen LogP contribution in [0.1, 0.15) is 36.0 Å². The summed E-state index contributed by atoms with van der Waals surface area (Å²) in [5, 5.41) is 6.44. The number of rotatable bonds is 6. The van der Waals surface area contributed by atoms with Gasteiger partial charge in [0.05, 0.1) is 14.2 Å². The second-order valence-corrected chi connectivity index (χ2v) is 6.26. The van der Waals surface area contributed by atoms with Gasteiger partial charge in [0.1, 0.15) is 11.5 Å². The van der Waals surface area contributed by atoms with E-state index in [2.05, 4.69) is 10.6 Å². The molecule has 132 valence electrons. The van der Waals surface area contributed by atoms with Crippen LogP contribution in [0, 0.1) is 0 Å². The molecule has 2 aromatic carbocycles. The van der Waals surface area contributed by atoms with Crippen molar-refractivity contribution in [1.82, 2.24) is 0 Å². The van der Waals surface area contributed by atoms with Gasteiger partial charge >= 0.3 is 0 Å². The first-order valence-corrected chi connectivity index (χ1v) is 8.59. The lowest BCUT2D eigenvalue weighted by Crippen LogP contribution is -2.15. The third-order valence-electron chi connectivity index (χ3n) is 4.48. The van der Waals surface area contributed by atoms with Crippen LogP contribution in [0.4, 0.5) is 11.4 Å². The van der Waals surface area contributed by atoms with Crippen LogP contribution in [0.2, 0.25) is 0 Å². The average Bonchev–Trinajstić information content (AvgIpc) is 3.15. The molecule has 0 bridgehead atoms. The fourth-order valence-corrected chi connectivity index (χ4v) is 3.10. The second-order valence-electron chi connectivity index (χ2n) is 6.26. The zero-order valence-corrected chi connectivity index (χ0v) is 14.7. The van der Waals surface area contributed by atoms with Crippen LogP contribution in [0.25, 0.3) is 0 Å². The van der Waals surface area contributed by atoms with Crippen LogP contribution in [-0.2, 0) is 0 Å². The van der Waals surface area contributed by atoms with Crippen molar-refractivity contribution >= 4 is 17.3 Å². The van der Waals surface area contributed by atoms with Gasteiger partial charge in [0.25, 0.3) is 5.91 Å². The Balaban J connectivity index is 1.66. The summed E-state index contributed by atoms with van der Waals surface area (Å²) in [6.07, 6.45) is 5.07. The van der Waals surface area contributed by atoms with Crippen LogP contribution in [-0.4, -0.2) is 26.2 Å². The quantitative estimate of drug-likeness (QED) is 0.822. The number of hydrogen-bond acceptors (Lipinski definition) is 4. The predicted octanol–water partition coefficient (Wildman–Crippen LogP) is 4.31. The summed E-state index contributed by atoms with van der Waals surface area (Å²) in [6.45, 7) is 0. The first-order chi connectivity index (χ1) is 12.2. The average molecular weight is 340 g/mol. The molecule has 5 heteroatoms. The molecule has 2 N–H and O–H groups in total. The maximum atomic E-state index is 12.5. The molecular weight excluding hydrogens is 316 g/mol. The zero-order valence-electron chi connectivity index (χ0n) is 14.7. The fraction of sp³-hybridized carbons (Fsp3) is 0.350. The number of ether oxygens (including phenoxy) is 2. The van der Waals surface area contributed by atoms with Crippen molar-refractivity contribution in [2.45, 2.75) is 31.7 Å². The van der Waals surface area contributed by atoms with E-state index in [1.807, 2.05) is 24.3 Å². The van der Waals surface area contributed by atoms with Crippen molar-refractivity contribution in [1.29, 1.82) is 0 Å². The fourth-order valence-electron chi connectivity index (χ4n) is 3.10. The van der Waals surface area contributed by atoms with E-state index < -0.39 is 0 Å². The van der Waals surface area contributed by atoms with Crippen molar-refractivity contribution in [3.05, 3.63) is 48.0 Å². The molecule has 0 aromatic heterocycles. The lowest BCUT2D eigenvalue weighted by atomic mass is 10.1. The summed E-state index contributed by atoms with van der Waals surface area (Å²) in [4.78, 5) is 12.5. The third kappa shape index (κ3) is 4.44. The van der Waals surface area contributed by atoms with Crippen LogP contribution in [0.15, 0.2) is 42.5 Å². The molecule has 3 rings (SSSR count). The molecule has 5 nitrogen and oxygen atoms in total. The highest BCUT2D eigenvalue weighted by Gasteiger charge is 2.14. The Morgan fingerprint density at radius 2 is 1.48 bits per heavy atom. The number of amides is 1. The Morgan fingerprint density at radius 1 is 0.920 bits per heavy atom. The smallest absolute Gasteiger partial charge is 0.255 e. The van der Waals surface area contributed by atoms with Gasteiger partial charge < -0.3 is 20.1 Å². The van der Waals surface area contributed by atoms with E-state index >= 15 is 0 Å². The second kappa shape index (κ2) is 7.92. The Hall–Kier alpha value is -2.69. The number of anilines is 2. The molecule has 0 aliphatic heterocycles. The molecule has 1 fully saturated rings. The van der Waals surface area contributed by atoms with Gasteiger partial charge in [0.2, 0.25) is 0 Å². The van der Waals surface area contributed by atoms with Gasteiger partial charge in [-0.05, 0) is 49.2 Å². The summed E-state index contributed by atoms with van der Waals surface area (Å²) >= 11 is 0. The molecule has 0 saturated heterocycles. The maximum Gasteiger partial charge on any atom is 0.255 e. The van der Waals surface area contributed by atoms with Crippen molar-refractivity contribution in [2.24, 2.45) is 0 Å². The topological polar surface area (TPSA) is 59.6 Å². The van der Waals surface area contributed by atoms with Crippen molar-refractivity contribution < 1.29 is 14.3 Å². The third-order valence-corrected chi connectivity index (χ3v) is 4.48. The first-order valence-electron chi connectivity index (χ1n) is 8.59. The van der Waals surface area contributed by atoms with E-state index in [1.165, 1.54) is 25.7 Å². The van der Waals surface area contributed by atoms with Gasteiger partial charge in [-0.15, -0.1) is 0 Å². The van der Waals surface area contributed by atoms with E-state index in [9.17, 15) is 4.79 Å². The van der Waals surface area contributed by atoms with Crippen LogP contribution < -0.4 is 20.1 Å². The summed E-state index contributed by atoms with van der Waals surface area (Å²) in [6, 6.07) is 13.5. The van der Waals surface area contributed by atoms with Crippen LogP contribution in [0.5, 0.6) is 11.5 Å². The highest BCUT2D eigenvalue weighted by Crippen LogP contribution is 2.25. The largest absolute Gasteiger partial charge is 0.497 e. The molecular formula is C20H24N2O3. The molecule has 0 atom stereocenters. The lowest BCUT2D eigenvalue weighted by molar-refractivity contribution is 0.102. The van der Waals surface area contributed by atoms with E-state index in [0.29, 0.717) is 23.1 Å². The summed E-state index contributed by atoms with van der Waals surface area (Å²) in [5.74, 6) is 0.968. The van der Waals surface area contributed by atoms with Gasteiger partial charge in [-0.3, -0.25) is 4.79 Å². The standard InChI is InChI=1S/C20H24N2O3/c1-24-18-11-14(12-19(13-18)25-2)20(23)22-17-9-7-16(8-10-17)21-15-5-3-4-6-15/h7-13,15,21H,3-6H2,1-2H3,(H,22,23). The van der Waals surface area contributed by atoms with Gasteiger partial charge in [-0.2, -0.15) is 0 Å². The zero-order chi connectivity index (χ0) is 17.6. The van der Waals surface area contributed by atoms with Crippen molar-refractivity contribution in [3.8, 4) is 11.5 Å². The molecule has 25 heavy (non-hydrogen) atoms. The van der Waals surface area contributed by atoms with Gasteiger partial charge in [-0.1, -0.05) is 12.8 Å². The first kappa shape index (κ1) is 17.1. The molecule has 1 amide bonds. The predicted molar refractivity (Wildman–Crippen MR) is 99.8 cm³/mol. The molecule has 2 aromatic rings. The number of methoxy groups -OCH3 is 2. The Kier molecular flexibility index (Phi) is 5.43. The van der Waals surface area contributed by atoms with Crippen molar-refractivity contribution in [3.63, 3.8) is 0 Å². The Morgan fingerprint density at radius 3 is 2.04 bits per heavy atom. The normalized spacial score (nSPS) is 14.2. The van der Waals surface area contributed by atoms with E-state index in [1.54, 1.807) is 32.4 Å². The van der Waals surface area contributed by atoms with E-state index in [4.69, 9.17) is 9.47 Å². The highest BCUT2D eigenvalue weighted by atomic mass is 16.5. The molecule has 1 aliphatic carbocycles. The molecule has 0 heterocycles. The molecule has 0 unspecified atom stereocenters. The molecule has 1 saturated carbocycles. The maximum absolute atomic E-state index is 12.5. The number of carbonyl (C=O) groups excluding carboxylic acids is 1. The monoisotopic (exact) mass is 340 g/mol. The highest BCUT2D eigenvalue weighted by molar-refractivity contribution is 6.04. The summed E-state index contributed by atoms with van der Waals surface area (Å²) < 4.78 is 10.4.